The van der Waals surface area contributed by atoms with Crippen molar-refractivity contribution in [1.82, 2.24) is 9.97 Å². The van der Waals surface area contributed by atoms with Crippen LogP contribution in [-0.4, -0.2) is 18.0 Å². The van der Waals surface area contributed by atoms with Crippen LogP contribution in [0.15, 0.2) is 138 Å². The Labute approximate surface area is 309 Å². The first-order valence-corrected chi connectivity index (χ1v) is 20.5. The first-order chi connectivity index (χ1) is 23.7. The van der Waals surface area contributed by atoms with Crippen LogP contribution in [0.1, 0.15) is 19.4 Å². The van der Waals surface area contributed by atoms with E-state index in [1.807, 2.05) is 48.7 Å². The van der Waals surface area contributed by atoms with Gasteiger partial charge in [-0.15, -0.1) is 54.1 Å². The van der Waals surface area contributed by atoms with E-state index in [4.69, 9.17) is 4.42 Å². The fourth-order valence-electron chi connectivity index (χ4n) is 6.44. The van der Waals surface area contributed by atoms with Crippen molar-refractivity contribution in [3.63, 3.8) is 0 Å². The van der Waals surface area contributed by atoms with E-state index in [-0.39, 0.29) is 20.1 Å². The minimum atomic E-state index is -1.34. The first-order valence-electron chi connectivity index (χ1n) is 17.0. The normalized spacial score (nSPS) is 11.4. The number of rotatable bonds is 6. The molecule has 0 aliphatic rings. The molecule has 0 saturated carbocycles. The fourth-order valence-corrected chi connectivity index (χ4v) is 8.03. The minimum Gasteiger partial charge on any atom is -0.501 e. The van der Waals surface area contributed by atoms with E-state index >= 15 is 0 Å². The number of hydrogen-bond acceptors (Lipinski definition) is 3. The Kier molecular flexibility index (Phi) is 10.6. The number of fused-ring (bicyclic) bond motifs is 4. The molecule has 0 fully saturated rings. The van der Waals surface area contributed by atoms with Gasteiger partial charge in [0.25, 0.3) is 0 Å². The van der Waals surface area contributed by atoms with E-state index in [1.165, 1.54) is 16.3 Å². The molecular weight excluding hydrogens is 805 g/mol. The van der Waals surface area contributed by atoms with Crippen molar-refractivity contribution in [2.45, 2.75) is 39.9 Å². The average Bonchev–Trinajstić information content (AvgIpc) is 3.50. The molecule has 8 rings (SSSR count). The third-order valence-corrected chi connectivity index (χ3v) is 10.9. The standard InChI is InChI=1S/C27H16NO.C18H24NSi.Ir/c1-2-7-18(8-3-1)20-13-14-22-23-11-6-12-24(27(23)29-26(22)16-20)25-15-19-9-4-5-10-21(19)17-28-25;1-14(2)11-16-12-17(15-9-7-6-8-10-15)19-13-18(16)20(3,4)5;/h1-11,13-17H;6-9,12-14H,11H2,1-5H3;/q2*-1;. The summed E-state index contributed by atoms with van der Waals surface area (Å²) in [6.07, 6.45) is 5.15. The Bertz CT molecular complexity index is 2380. The molecule has 0 atom stereocenters. The Morgan fingerprint density at radius 1 is 0.660 bits per heavy atom. The second-order valence-electron chi connectivity index (χ2n) is 14.0. The van der Waals surface area contributed by atoms with Gasteiger partial charge >= 0.3 is 0 Å². The summed E-state index contributed by atoms with van der Waals surface area (Å²) >= 11 is 0. The smallest absolute Gasteiger partial charge is 0.121 e. The number of pyridine rings is 2. The maximum Gasteiger partial charge on any atom is 0.121 e. The second-order valence-corrected chi connectivity index (χ2v) is 19.1. The maximum atomic E-state index is 6.34. The molecule has 5 aromatic carbocycles. The molecule has 0 unspecified atom stereocenters. The van der Waals surface area contributed by atoms with Crippen molar-refractivity contribution >= 4 is 46.0 Å². The summed E-state index contributed by atoms with van der Waals surface area (Å²) < 4.78 is 6.34. The van der Waals surface area contributed by atoms with Crippen LogP contribution in [0.3, 0.4) is 0 Å². The topological polar surface area (TPSA) is 38.9 Å². The molecule has 5 heteroatoms. The molecule has 0 amide bonds. The van der Waals surface area contributed by atoms with Crippen LogP contribution >= 0.6 is 0 Å². The van der Waals surface area contributed by atoms with Crippen molar-refractivity contribution in [3.8, 4) is 33.6 Å². The van der Waals surface area contributed by atoms with E-state index in [9.17, 15) is 0 Å². The van der Waals surface area contributed by atoms with E-state index < -0.39 is 8.07 Å². The summed E-state index contributed by atoms with van der Waals surface area (Å²) in [5.41, 5.74) is 9.40. The maximum absolute atomic E-state index is 6.34. The molecular formula is C45H40IrN2OSi-2. The van der Waals surface area contributed by atoms with Crippen LogP contribution in [0, 0.1) is 18.1 Å². The average molecular weight is 845 g/mol. The molecule has 251 valence electrons. The molecule has 0 aliphatic heterocycles. The van der Waals surface area contributed by atoms with Gasteiger partial charge in [-0.2, -0.15) is 0 Å². The third-order valence-electron chi connectivity index (χ3n) is 8.84. The Morgan fingerprint density at radius 3 is 2.14 bits per heavy atom. The molecule has 1 radical (unpaired) electrons. The Morgan fingerprint density at radius 2 is 1.40 bits per heavy atom. The molecule has 0 aliphatic carbocycles. The summed E-state index contributed by atoms with van der Waals surface area (Å²) in [6.45, 7) is 11.7. The predicted octanol–water partition coefficient (Wildman–Crippen LogP) is 11.6. The number of nitrogens with zero attached hydrogens (tertiary/aromatic N) is 2. The van der Waals surface area contributed by atoms with Crippen molar-refractivity contribution in [2.24, 2.45) is 5.92 Å². The minimum absolute atomic E-state index is 0. The molecule has 0 spiro atoms. The van der Waals surface area contributed by atoms with Gasteiger partial charge in [-0.3, -0.25) is 0 Å². The van der Waals surface area contributed by atoms with Gasteiger partial charge in [0.1, 0.15) is 5.58 Å². The van der Waals surface area contributed by atoms with Crippen molar-refractivity contribution in [1.29, 1.82) is 0 Å². The zero-order chi connectivity index (χ0) is 34.0. The van der Waals surface area contributed by atoms with Gasteiger partial charge in [0.15, 0.2) is 0 Å². The molecule has 3 heterocycles. The van der Waals surface area contributed by atoms with Gasteiger partial charge in [0.2, 0.25) is 0 Å². The summed E-state index contributed by atoms with van der Waals surface area (Å²) in [6, 6.07) is 48.1. The molecule has 8 aromatic rings. The summed E-state index contributed by atoms with van der Waals surface area (Å²) in [5.74, 6) is 0.667. The van der Waals surface area contributed by atoms with Gasteiger partial charge < -0.3 is 14.4 Å². The summed E-state index contributed by atoms with van der Waals surface area (Å²) in [5, 5.41) is 5.97. The van der Waals surface area contributed by atoms with Crippen LogP contribution in [-0.2, 0) is 26.5 Å². The zero-order valence-corrected chi connectivity index (χ0v) is 32.5. The van der Waals surface area contributed by atoms with E-state index in [0.717, 1.165) is 67.2 Å². The van der Waals surface area contributed by atoms with Gasteiger partial charge in [-0.1, -0.05) is 129 Å². The van der Waals surface area contributed by atoms with Crippen molar-refractivity contribution < 1.29 is 24.5 Å². The van der Waals surface area contributed by atoms with Gasteiger partial charge in [0.05, 0.1) is 13.7 Å². The molecule has 0 saturated heterocycles. The van der Waals surface area contributed by atoms with Crippen LogP contribution in [0.4, 0.5) is 0 Å². The zero-order valence-electron chi connectivity index (χ0n) is 29.1. The molecule has 3 nitrogen and oxygen atoms in total. The molecule has 0 N–H and O–H groups in total. The van der Waals surface area contributed by atoms with Crippen LogP contribution in [0.25, 0.3) is 66.4 Å². The number of aromatic nitrogens is 2. The first kappa shape index (κ1) is 35.2. The predicted molar refractivity (Wildman–Crippen MR) is 209 cm³/mol. The van der Waals surface area contributed by atoms with E-state index in [0.29, 0.717) is 5.92 Å². The number of furan rings is 1. The van der Waals surface area contributed by atoms with E-state index in [1.54, 1.807) is 0 Å². The van der Waals surface area contributed by atoms with E-state index in [2.05, 4.69) is 141 Å². The monoisotopic (exact) mass is 845 g/mol. The quantitative estimate of drug-likeness (QED) is 0.124. The fraction of sp³-hybridized carbons (Fsp3) is 0.156. The number of benzene rings is 5. The van der Waals surface area contributed by atoms with Crippen molar-refractivity contribution in [3.05, 3.63) is 151 Å². The molecule has 3 aromatic heterocycles. The Hall–Kier alpha value is -4.67. The Balaban J connectivity index is 0.000000182. The summed E-state index contributed by atoms with van der Waals surface area (Å²) in [7, 11) is -1.34. The third kappa shape index (κ3) is 7.56. The second kappa shape index (κ2) is 15.1. The van der Waals surface area contributed by atoms with Crippen LogP contribution in [0.5, 0.6) is 0 Å². The van der Waals surface area contributed by atoms with Crippen molar-refractivity contribution in [2.75, 3.05) is 0 Å². The number of hydrogen-bond donors (Lipinski definition) is 0. The molecule has 50 heavy (non-hydrogen) atoms. The van der Waals surface area contributed by atoms with Gasteiger partial charge in [-0.25, -0.2) is 0 Å². The summed E-state index contributed by atoms with van der Waals surface area (Å²) in [4.78, 5) is 9.36. The van der Waals surface area contributed by atoms with Crippen LogP contribution in [0.2, 0.25) is 19.6 Å². The van der Waals surface area contributed by atoms with Crippen LogP contribution < -0.4 is 5.19 Å². The SMILES string of the molecule is CC(C)Cc1cc(-c2[c-]cccc2)ncc1[Si](C)(C)C.[Ir].[c-]1ccc2c(oc3cc(-c4ccccc4)ccc32)c1-c1cc2ccccc2cn1. The molecule has 0 bridgehead atoms. The van der Waals surface area contributed by atoms with Gasteiger partial charge in [0, 0.05) is 37.9 Å². The van der Waals surface area contributed by atoms with Gasteiger partial charge in [-0.05, 0) is 56.9 Å². The largest absolute Gasteiger partial charge is 0.501 e.